The molecule has 5 heteroatoms. The van der Waals surface area contributed by atoms with E-state index in [0.717, 1.165) is 38.8 Å². The van der Waals surface area contributed by atoms with Gasteiger partial charge in [-0.3, -0.25) is 14.5 Å². The summed E-state index contributed by atoms with van der Waals surface area (Å²) in [5, 5.41) is 3.02. The Balaban J connectivity index is 1.45. The molecule has 0 aliphatic carbocycles. The largest absolute Gasteiger partial charge is 0.353 e. The number of amides is 2. The average Bonchev–Trinajstić information content (AvgIpc) is 2.83. The first-order valence-electron chi connectivity index (χ1n) is 9.49. The normalized spacial score (nSPS) is 19.9. The SMILES string of the molecule is CC(CNC(=O)CN1CCCCCC1=O)N1CCc2ccccc2C1. The lowest BCUT2D eigenvalue weighted by Gasteiger charge is -2.34. The molecule has 25 heavy (non-hydrogen) atoms. The first kappa shape index (κ1) is 17.9. The van der Waals surface area contributed by atoms with Gasteiger partial charge in [0.1, 0.15) is 0 Å². The van der Waals surface area contributed by atoms with Gasteiger partial charge in [0, 0.05) is 38.6 Å². The smallest absolute Gasteiger partial charge is 0.239 e. The van der Waals surface area contributed by atoms with Crippen molar-refractivity contribution in [2.75, 3.05) is 26.2 Å². The molecule has 0 radical (unpaired) electrons. The molecular weight excluding hydrogens is 314 g/mol. The Morgan fingerprint density at radius 2 is 1.92 bits per heavy atom. The summed E-state index contributed by atoms with van der Waals surface area (Å²) in [6.45, 7) is 5.67. The number of carbonyl (C=O) groups excluding carboxylic acids is 2. The summed E-state index contributed by atoms with van der Waals surface area (Å²) in [6.07, 6.45) is 4.68. The van der Waals surface area contributed by atoms with Crippen molar-refractivity contribution in [2.24, 2.45) is 0 Å². The zero-order valence-electron chi connectivity index (χ0n) is 15.2. The Bertz CT molecular complexity index is 617. The fourth-order valence-corrected chi connectivity index (χ4v) is 3.72. The summed E-state index contributed by atoms with van der Waals surface area (Å²) in [6, 6.07) is 8.88. The van der Waals surface area contributed by atoms with Crippen molar-refractivity contribution < 1.29 is 9.59 Å². The van der Waals surface area contributed by atoms with Crippen LogP contribution in [-0.4, -0.2) is 53.8 Å². The van der Waals surface area contributed by atoms with Crippen LogP contribution in [0.15, 0.2) is 24.3 Å². The van der Waals surface area contributed by atoms with Crippen LogP contribution >= 0.6 is 0 Å². The molecule has 1 aromatic carbocycles. The highest BCUT2D eigenvalue weighted by molar-refractivity contribution is 5.84. The molecule has 1 N–H and O–H groups in total. The third-order valence-electron chi connectivity index (χ3n) is 5.38. The third-order valence-corrected chi connectivity index (χ3v) is 5.38. The number of likely N-dealkylation sites (tertiary alicyclic amines) is 1. The quantitative estimate of drug-likeness (QED) is 0.889. The highest BCUT2D eigenvalue weighted by Gasteiger charge is 2.22. The van der Waals surface area contributed by atoms with Crippen LogP contribution in [0.3, 0.4) is 0 Å². The summed E-state index contributed by atoms with van der Waals surface area (Å²) in [4.78, 5) is 28.3. The molecule has 1 unspecified atom stereocenters. The first-order valence-corrected chi connectivity index (χ1v) is 9.49. The second-order valence-corrected chi connectivity index (χ2v) is 7.27. The summed E-state index contributed by atoms with van der Waals surface area (Å²) >= 11 is 0. The van der Waals surface area contributed by atoms with Crippen molar-refractivity contribution in [1.82, 2.24) is 15.1 Å². The van der Waals surface area contributed by atoms with Gasteiger partial charge < -0.3 is 10.2 Å². The number of carbonyl (C=O) groups is 2. The lowest BCUT2D eigenvalue weighted by atomic mass is 9.99. The van der Waals surface area contributed by atoms with E-state index in [2.05, 4.69) is 41.4 Å². The number of benzene rings is 1. The van der Waals surface area contributed by atoms with Crippen molar-refractivity contribution in [3.63, 3.8) is 0 Å². The molecule has 1 aromatic rings. The minimum absolute atomic E-state index is 0.0421. The van der Waals surface area contributed by atoms with E-state index >= 15 is 0 Å². The van der Waals surface area contributed by atoms with Gasteiger partial charge in [-0.15, -0.1) is 0 Å². The van der Waals surface area contributed by atoms with E-state index in [-0.39, 0.29) is 24.4 Å². The van der Waals surface area contributed by atoms with Gasteiger partial charge >= 0.3 is 0 Å². The molecule has 5 nitrogen and oxygen atoms in total. The Morgan fingerprint density at radius 1 is 1.12 bits per heavy atom. The Labute approximate surface area is 150 Å². The molecule has 1 fully saturated rings. The molecule has 3 rings (SSSR count). The van der Waals surface area contributed by atoms with Gasteiger partial charge in [-0.1, -0.05) is 30.7 Å². The molecule has 1 atom stereocenters. The predicted octanol–water partition coefficient (Wildman–Crippen LogP) is 1.95. The van der Waals surface area contributed by atoms with Crippen molar-refractivity contribution in [2.45, 2.75) is 51.6 Å². The van der Waals surface area contributed by atoms with Crippen LogP contribution in [-0.2, 0) is 22.6 Å². The fraction of sp³-hybridized carbons (Fsp3) is 0.600. The highest BCUT2D eigenvalue weighted by atomic mass is 16.2. The van der Waals surface area contributed by atoms with E-state index < -0.39 is 0 Å². The minimum atomic E-state index is -0.0421. The van der Waals surface area contributed by atoms with Gasteiger partial charge in [-0.2, -0.15) is 0 Å². The topological polar surface area (TPSA) is 52.7 Å². The Hall–Kier alpha value is -1.88. The first-order chi connectivity index (χ1) is 12.1. The van der Waals surface area contributed by atoms with Gasteiger partial charge in [0.15, 0.2) is 0 Å². The van der Waals surface area contributed by atoms with E-state index in [1.165, 1.54) is 11.1 Å². The molecule has 0 saturated carbocycles. The van der Waals surface area contributed by atoms with Crippen LogP contribution in [0.5, 0.6) is 0 Å². The molecule has 0 aromatic heterocycles. The van der Waals surface area contributed by atoms with E-state index in [1.807, 2.05) is 0 Å². The monoisotopic (exact) mass is 343 g/mol. The Kier molecular flexibility index (Phi) is 6.08. The number of nitrogens with zero attached hydrogens (tertiary/aromatic N) is 2. The van der Waals surface area contributed by atoms with Gasteiger partial charge in [-0.25, -0.2) is 0 Å². The van der Waals surface area contributed by atoms with Crippen LogP contribution in [0.1, 0.15) is 43.7 Å². The lowest BCUT2D eigenvalue weighted by molar-refractivity contribution is -0.135. The number of fused-ring (bicyclic) bond motifs is 1. The van der Waals surface area contributed by atoms with Crippen LogP contribution in [0.25, 0.3) is 0 Å². The lowest BCUT2D eigenvalue weighted by Crippen LogP contribution is -2.47. The van der Waals surface area contributed by atoms with Gasteiger partial charge in [0.25, 0.3) is 0 Å². The molecule has 0 spiro atoms. The van der Waals surface area contributed by atoms with Gasteiger partial charge in [0.05, 0.1) is 6.54 Å². The number of rotatable bonds is 5. The van der Waals surface area contributed by atoms with Crippen LogP contribution in [0.2, 0.25) is 0 Å². The van der Waals surface area contributed by atoms with E-state index in [4.69, 9.17) is 0 Å². The second-order valence-electron chi connectivity index (χ2n) is 7.27. The van der Waals surface area contributed by atoms with Gasteiger partial charge in [0.2, 0.25) is 11.8 Å². The average molecular weight is 343 g/mol. The van der Waals surface area contributed by atoms with E-state index in [9.17, 15) is 9.59 Å². The molecular formula is C20H29N3O2. The van der Waals surface area contributed by atoms with Crippen molar-refractivity contribution in [3.05, 3.63) is 35.4 Å². The second kappa shape index (κ2) is 8.48. The van der Waals surface area contributed by atoms with Crippen LogP contribution < -0.4 is 5.32 Å². The third kappa shape index (κ3) is 4.82. The van der Waals surface area contributed by atoms with Crippen molar-refractivity contribution >= 4 is 11.8 Å². The summed E-state index contributed by atoms with van der Waals surface area (Å²) in [5.41, 5.74) is 2.83. The minimum Gasteiger partial charge on any atom is -0.353 e. The van der Waals surface area contributed by atoms with E-state index in [1.54, 1.807) is 4.90 Å². The number of nitrogens with one attached hydrogen (secondary N) is 1. The molecule has 2 heterocycles. The maximum absolute atomic E-state index is 12.2. The molecule has 2 aliphatic rings. The van der Waals surface area contributed by atoms with Crippen LogP contribution in [0, 0.1) is 0 Å². The molecule has 1 saturated heterocycles. The van der Waals surface area contributed by atoms with Crippen molar-refractivity contribution in [3.8, 4) is 0 Å². The fourth-order valence-electron chi connectivity index (χ4n) is 3.72. The van der Waals surface area contributed by atoms with E-state index in [0.29, 0.717) is 19.5 Å². The molecule has 2 aliphatic heterocycles. The number of hydrogen-bond acceptors (Lipinski definition) is 3. The Morgan fingerprint density at radius 3 is 2.76 bits per heavy atom. The zero-order chi connectivity index (χ0) is 17.6. The predicted molar refractivity (Wildman–Crippen MR) is 98.1 cm³/mol. The maximum Gasteiger partial charge on any atom is 0.239 e. The number of hydrogen-bond donors (Lipinski definition) is 1. The van der Waals surface area contributed by atoms with Crippen LogP contribution in [0.4, 0.5) is 0 Å². The maximum atomic E-state index is 12.2. The van der Waals surface area contributed by atoms with Crippen molar-refractivity contribution in [1.29, 1.82) is 0 Å². The van der Waals surface area contributed by atoms with Gasteiger partial charge in [-0.05, 0) is 37.3 Å². The molecule has 136 valence electrons. The summed E-state index contributed by atoms with van der Waals surface area (Å²) < 4.78 is 0. The standard InChI is InChI=1S/C20H29N3O2/c1-16(22-12-10-17-7-4-5-8-18(17)14-22)13-21-19(24)15-23-11-6-2-3-9-20(23)25/h4-5,7-8,16H,2-3,6,9-15H2,1H3,(H,21,24). The summed E-state index contributed by atoms with van der Waals surface area (Å²) in [5.74, 6) is 0.0767. The molecule has 0 bridgehead atoms. The summed E-state index contributed by atoms with van der Waals surface area (Å²) in [7, 11) is 0. The molecule has 2 amide bonds. The zero-order valence-corrected chi connectivity index (χ0v) is 15.2. The highest BCUT2D eigenvalue weighted by Crippen LogP contribution is 2.20.